The summed E-state index contributed by atoms with van der Waals surface area (Å²) in [5, 5.41) is 11.7. The van der Waals surface area contributed by atoms with Crippen molar-refractivity contribution in [3.8, 4) is 5.75 Å². The highest BCUT2D eigenvalue weighted by molar-refractivity contribution is 5.96. The van der Waals surface area contributed by atoms with Crippen molar-refractivity contribution in [2.24, 2.45) is 5.92 Å². The molecule has 0 saturated heterocycles. The predicted molar refractivity (Wildman–Crippen MR) is 73.8 cm³/mol. The molecule has 1 unspecified atom stereocenters. The fraction of sp³-hybridized carbons (Fsp3) is 0.467. The lowest BCUT2D eigenvalue weighted by Crippen LogP contribution is -2.42. The molecule has 1 aromatic rings. The van der Waals surface area contributed by atoms with Gasteiger partial charge in [-0.2, -0.15) is 0 Å². The normalized spacial score (nSPS) is 15.8. The number of aliphatic carboxylic acids is 1. The molecule has 5 heteroatoms. The van der Waals surface area contributed by atoms with E-state index < -0.39 is 12.0 Å². The van der Waals surface area contributed by atoms with E-state index in [0.29, 0.717) is 11.3 Å². The minimum Gasteiger partial charge on any atom is -0.491 e. The number of hydrogen-bond donors (Lipinski definition) is 2. The Kier molecular flexibility index (Phi) is 4.27. The maximum atomic E-state index is 12.0. The molecule has 108 valence electrons. The van der Waals surface area contributed by atoms with E-state index in [4.69, 9.17) is 9.84 Å². The molecule has 1 atom stereocenters. The van der Waals surface area contributed by atoms with E-state index in [1.54, 1.807) is 24.3 Å². The molecule has 0 aromatic heterocycles. The molecule has 1 saturated carbocycles. The van der Waals surface area contributed by atoms with Gasteiger partial charge in [-0.05, 0) is 56.9 Å². The van der Waals surface area contributed by atoms with Gasteiger partial charge in [-0.3, -0.25) is 4.79 Å². The summed E-state index contributed by atoms with van der Waals surface area (Å²) in [4.78, 5) is 23.1. The molecule has 0 bridgehead atoms. The number of amides is 1. The highest BCUT2D eigenvalue weighted by atomic mass is 16.5. The molecule has 2 rings (SSSR count). The third kappa shape index (κ3) is 3.73. The summed E-state index contributed by atoms with van der Waals surface area (Å²) in [6.07, 6.45) is 1.79. The van der Waals surface area contributed by atoms with Crippen LogP contribution in [-0.2, 0) is 4.79 Å². The average molecular weight is 277 g/mol. The van der Waals surface area contributed by atoms with Gasteiger partial charge in [-0.1, -0.05) is 0 Å². The van der Waals surface area contributed by atoms with Gasteiger partial charge in [0.25, 0.3) is 5.91 Å². The molecule has 1 amide bonds. The van der Waals surface area contributed by atoms with Gasteiger partial charge in [0.2, 0.25) is 0 Å². The average Bonchev–Trinajstić information content (AvgIpc) is 3.19. The summed E-state index contributed by atoms with van der Waals surface area (Å²) in [5.41, 5.74) is 0.438. The minimum atomic E-state index is -0.972. The van der Waals surface area contributed by atoms with Gasteiger partial charge in [0.05, 0.1) is 6.10 Å². The molecule has 1 aromatic carbocycles. The summed E-state index contributed by atoms with van der Waals surface area (Å²) in [5.74, 6) is -0.575. The molecule has 20 heavy (non-hydrogen) atoms. The predicted octanol–water partition coefficient (Wildman–Crippen LogP) is 2.07. The second kappa shape index (κ2) is 5.94. The van der Waals surface area contributed by atoms with E-state index in [9.17, 15) is 9.59 Å². The number of carbonyl (C=O) groups is 2. The fourth-order valence-corrected chi connectivity index (χ4v) is 1.99. The van der Waals surface area contributed by atoms with Crippen LogP contribution in [0.2, 0.25) is 0 Å². The van der Waals surface area contributed by atoms with Crippen LogP contribution in [0.25, 0.3) is 0 Å². The van der Waals surface area contributed by atoms with Gasteiger partial charge in [0, 0.05) is 5.56 Å². The van der Waals surface area contributed by atoms with Crippen molar-refractivity contribution in [1.82, 2.24) is 5.32 Å². The van der Waals surface area contributed by atoms with Crippen molar-refractivity contribution in [2.45, 2.75) is 38.8 Å². The number of carboxylic acid groups (broad SMARTS) is 1. The molecule has 1 aliphatic carbocycles. The van der Waals surface area contributed by atoms with Gasteiger partial charge in [-0.15, -0.1) is 0 Å². The van der Waals surface area contributed by atoms with Crippen molar-refractivity contribution in [1.29, 1.82) is 0 Å². The number of ether oxygens (including phenoxy) is 1. The largest absolute Gasteiger partial charge is 0.491 e. The highest BCUT2D eigenvalue weighted by Gasteiger charge is 2.37. The summed E-state index contributed by atoms with van der Waals surface area (Å²) < 4.78 is 5.49. The Bertz CT molecular complexity index is 491. The number of nitrogens with one attached hydrogen (secondary N) is 1. The Morgan fingerprint density at radius 2 is 1.85 bits per heavy atom. The Hall–Kier alpha value is -2.04. The van der Waals surface area contributed by atoms with Crippen LogP contribution in [0.4, 0.5) is 0 Å². The third-order valence-corrected chi connectivity index (χ3v) is 3.13. The van der Waals surface area contributed by atoms with Crippen LogP contribution >= 0.6 is 0 Å². The highest BCUT2D eigenvalue weighted by Crippen LogP contribution is 2.32. The Morgan fingerprint density at radius 1 is 1.25 bits per heavy atom. The smallest absolute Gasteiger partial charge is 0.326 e. The molecule has 0 heterocycles. The maximum absolute atomic E-state index is 12.0. The zero-order valence-electron chi connectivity index (χ0n) is 11.6. The first-order valence-corrected chi connectivity index (χ1v) is 6.77. The van der Waals surface area contributed by atoms with Crippen molar-refractivity contribution in [3.05, 3.63) is 29.8 Å². The van der Waals surface area contributed by atoms with E-state index in [-0.39, 0.29) is 17.9 Å². The zero-order valence-corrected chi connectivity index (χ0v) is 11.6. The first kappa shape index (κ1) is 14.4. The second-order valence-corrected chi connectivity index (χ2v) is 5.32. The van der Waals surface area contributed by atoms with Crippen molar-refractivity contribution >= 4 is 11.9 Å². The standard InChI is InChI=1S/C15H19NO4/c1-9(2)20-12-7-5-11(6-8-12)14(17)16-13(15(18)19)10-3-4-10/h5-10,13H,3-4H2,1-2H3,(H,16,17)(H,18,19). The lowest BCUT2D eigenvalue weighted by molar-refractivity contribution is -0.139. The molecule has 0 aliphatic heterocycles. The van der Waals surface area contributed by atoms with Crippen LogP contribution in [0.5, 0.6) is 5.75 Å². The van der Waals surface area contributed by atoms with Crippen LogP contribution in [-0.4, -0.2) is 29.1 Å². The molecular weight excluding hydrogens is 258 g/mol. The lowest BCUT2D eigenvalue weighted by Gasteiger charge is -2.14. The maximum Gasteiger partial charge on any atom is 0.326 e. The van der Waals surface area contributed by atoms with Gasteiger partial charge in [0.1, 0.15) is 11.8 Å². The quantitative estimate of drug-likeness (QED) is 0.834. The first-order chi connectivity index (χ1) is 9.47. The molecule has 0 spiro atoms. The second-order valence-electron chi connectivity index (χ2n) is 5.32. The zero-order chi connectivity index (χ0) is 14.7. The molecule has 5 nitrogen and oxygen atoms in total. The van der Waals surface area contributed by atoms with Gasteiger partial charge in [-0.25, -0.2) is 4.79 Å². The van der Waals surface area contributed by atoms with E-state index in [1.807, 2.05) is 13.8 Å². The van der Waals surface area contributed by atoms with Crippen LogP contribution < -0.4 is 10.1 Å². The number of carbonyl (C=O) groups excluding carboxylic acids is 1. The molecule has 0 radical (unpaired) electrons. The Morgan fingerprint density at radius 3 is 2.30 bits per heavy atom. The Balaban J connectivity index is 1.99. The van der Waals surface area contributed by atoms with Gasteiger partial charge >= 0.3 is 5.97 Å². The van der Waals surface area contributed by atoms with Gasteiger partial charge < -0.3 is 15.2 Å². The van der Waals surface area contributed by atoms with E-state index >= 15 is 0 Å². The number of carboxylic acids is 1. The van der Waals surface area contributed by atoms with Crippen LogP contribution in [0.3, 0.4) is 0 Å². The minimum absolute atomic E-state index is 0.0694. The van der Waals surface area contributed by atoms with Crippen LogP contribution in [0.1, 0.15) is 37.0 Å². The third-order valence-electron chi connectivity index (χ3n) is 3.13. The topological polar surface area (TPSA) is 75.6 Å². The Labute approximate surface area is 117 Å². The van der Waals surface area contributed by atoms with Crippen LogP contribution in [0, 0.1) is 5.92 Å². The van der Waals surface area contributed by atoms with Crippen molar-refractivity contribution in [2.75, 3.05) is 0 Å². The van der Waals surface area contributed by atoms with E-state index in [2.05, 4.69) is 5.32 Å². The van der Waals surface area contributed by atoms with Crippen molar-refractivity contribution < 1.29 is 19.4 Å². The number of benzene rings is 1. The number of rotatable bonds is 6. The summed E-state index contributed by atoms with van der Waals surface area (Å²) in [6, 6.07) is 5.91. The van der Waals surface area contributed by atoms with E-state index in [1.165, 1.54) is 0 Å². The SMILES string of the molecule is CC(C)Oc1ccc(C(=O)NC(C(=O)O)C2CC2)cc1. The van der Waals surface area contributed by atoms with Gasteiger partial charge in [0.15, 0.2) is 0 Å². The monoisotopic (exact) mass is 277 g/mol. The molecule has 2 N–H and O–H groups in total. The molecular formula is C15H19NO4. The summed E-state index contributed by atoms with van der Waals surface area (Å²) in [6.45, 7) is 3.85. The molecule has 1 fully saturated rings. The van der Waals surface area contributed by atoms with Crippen LogP contribution in [0.15, 0.2) is 24.3 Å². The summed E-state index contributed by atoms with van der Waals surface area (Å²) in [7, 11) is 0. The van der Waals surface area contributed by atoms with Crippen molar-refractivity contribution in [3.63, 3.8) is 0 Å². The summed E-state index contributed by atoms with van der Waals surface area (Å²) >= 11 is 0. The number of hydrogen-bond acceptors (Lipinski definition) is 3. The first-order valence-electron chi connectivity index (χ1n) is 6.77. The fourth-order valence-electron chi connectivity index (χ4n) is 1.99. The van der Waals surface area contributed by atoms with E-state index in [0.717, 1.165) is 12.8 Å². The molecule has 1 aliphatic rings. The lowest BCUT2D eigenvalue weighted by atomic mass is 10.1.